The minimum Gasteiger partial charge on any atom is -0.504 e. The Morgan fingerprint density at radius 2 is 1.61 bits per heavy atom. The predicted octanol–water partition coefficient (Wildman–Crippen LogP) is 3.96. The van der Waals surface area contributed by atoms with Gasteiger partial charge in [-0.25, -0.2) is 4.79 Å². The van der Waals surface area contributed by atoms with Crippen LogP contribution in [0.25, 0.3) is 0 Å². The Labute approximate surface area is 160 Å². The summed E-state index contributed by atoms with van der Waals surface area (Å²) in [5, 5.41) is 40.0. The van der Waals surface area contributed by atoms with Crippen molar-refractivity contribution in [3.8, 4) is 23.0 Å². The van der Waals surface area contributed by atoms with E-state index in [1.165, 1.54) is 0 Å². The van der Waals surface area contributed by atoms with Crippen molar-refractivity contribution in [2.24, 2.45) is 0 Å². The van der Waals surface area contributed by atoms with Gasteiger partial charge in [0.2, 0.25) is 5.75 Å². The molecule has 0 aromatic heterocycles. The maximum atomic E-state index is 11.8. The average Bonchev–Trinajstić information content (AvgIpc) is 2.71. The van der Waals surface area contributed by atoms with Crippen LogP contribution in [0.3, 0.4) is 0 Å². The van der Waals surface area contributed by atoms with Gasteiger partial charge in [-0.1, -0.05) is 48.5 Å². The predicted molar refractivity (Wildman–Crippen MR) is 101 cm³/mol. The number of fused-ring (bicyclic) bond motifs is 1. The molecule has 0 amide bonds. The highest BCUT2D eigenvalue weighted by Gasteiger charge is 2.38. The largest absolute Gasteiger partial charge is 0.504 e. The minimum atomic E-state index is -1.31. The van der Waals surface area contributed by atoms with Gasteiger partial charge in [-0.05, 0) is 29.7 Å². The first-order chi connectivity index (χ1) is 13.5. The molecule has 4 rings (SSSR count). The molecule has 3 aromatic rings. The number of aromatic carboxylic acids is 1. The topological polar surface area (TPSA) is 107 Å². The van der Waals surface area contributed by atoms with Crippen LogP contribution in [-0.4, -0.2) is 26.4 Å². The van der Waals surface area contributed by atoms with E-state index in [-0.39, 0.29) is 11.1 Å². The van der Waals surface area contributed by atoms with Crippen LogP contribution in [0.4, 0.5) is 0 Å². The van der Waals surface area contributed by atoms with Crippen molar-refractivity contribution >= 4 is 5.97 Å². The molecule has 0 radical (unpaired) electrons. The first-order valence-electron chi connectivity index (χ1n) is 8.78. The second-order valence-electron chi connectivity index (χ2n) is 6.73. The summed E-state index contributed by atoms with van der Waals surface area (Å²) in [6, 6.07) is 17.7. The second-order valence-corrected chi connectivity index (χ2v) is 6.73. The van der Waals surface area contributed by atoms with Crippen molar-refractivity contribution in [3.63, 3.8) is 0 Å². The van der Waals surface area contributed by atoms with Gasteiger partial charge < -0.3 is 25.2 Å². The molecule has 1 aliphatic heterocycles. The molecule has 1 heterocycles. The third kappa shape index (κ3) is 2.89. The van der Waals surface area contributed by atoms with E-state index in [2.05, 4.69) is 0 Å². The standard InChI is InChI=1S/C22H18O6/c23-16-11-15(22(26)27)18(20(25)19(16)24)14-10-13-8-4-5-9-17(13)28-21(14)12-6-2-1-3-7-12/h1-9,11,14,21,23-25H,10H2,(H,26,27). The normalized spacial score (nSPS) is 18.1. The number of phenolic OH excluding ortho intramolecular Hbond substituents is 3. The lowest BCUT2D eigenvalue weighted by Gasteiger charge is -2.35. The summed E-state index contributed by atoms with van der Waals surface area (Å²) in [7, 11) is 0. The number of hydrogen-bond donors (Lipinski definition) is 4. The fourth-order valence-corrected chi connectivity index (χ4v) is 3.76. The van der Waals surface area contributed by atoms with Gasteiger partial charge in [0, 0.05) is 11.5 Å². The lowest BCUT2D eigenvalue weighted by molar-refractivity contribution is 0.0691. The SMILES string of the molecule is O=C(O)c1cc(O)c(O)c(O)c1C1Cc2ccccc2OC1c1ccccc1. The zero-order valence-corrected chi connectivity index (χ0v) is 14.7. The van der Waals surface area contributed by atoms with Crippen LogP contribution in [0.1, 0.15) is 39.1 Å². The number of ether oxygens (including phenoxy) is 1. The van der Waals surface area contributed by atoms with Gasteiger partial charge in [-0.2, -0.15) is 0 Å². The summed E-state index contributed by atoms with van der Waals surface area (Å²) < 4.78 is 6.20. The molecular formula is C22H18O6. The van der Waals surface area contributed by atoms with E-state index in [4.69, 9.17) is 4.74 Å². The van der Waals surface area contributed by atoms with Crippen molar-refractivity contribution in [1.29, 1.82) is 0 Å². The van der Waals surface area contributed by atoms with Crippen LogP contribution in [0.5, 0.6) is 23.0 Å². The molecule has 0 aliphatic carbocycles. The molecule has 1 aliphatic rings. The number of para-hydroxylation sites is 1. The summed E-state index contributed by atoms with van der Waals surface area (Å²) >= 11 is 0. The number of phenols is 3. The molecule has 28 heavy (non-hydrogen) atoms. The summed E-state index contributed by atoms with van der Waals surface area (Å²) in [5.41, 5.74) is 1.43. The van der Waals surface area contributed by atoms with Crippen LogP contribution in [-0.2, 0) is 6.42 Å². The Kier molecular flexibility index (Phi) is 4.31. The molecule has 0 spiro atoms. The first-order valence-corrected chi connectivity index (χ1v) is 8.78. The fourth-order valence-electron chi connectivity index (χ4n) is 3.76. The van der Waals surface area contributed by atoms with Crippen LogP contribution < -0.4 is 4.74 Å². The molecule has 0 bridgehead atoms. The number of carboxylic acids is 1. The highest BCUT2D eigenvalue weighted by molar-refractivity contribution is 5.92. The zero-order chi connectivity index (χ0) is 19.8. The molecular weight excluding hydrogens is 360 g/mol. The van der Waals surface area contributed by atoms with Gasteiger partial charge in [-0.3, -0.25) is 0 Å². The smallest absolute Gasteiger partial charge is 0.336 e. The third-order valence-corrected chi connectivity index (χ3v) is 5.05. The first kappa shape index (κ1) is 17.7. The van der Waals surface area contributed by atoms with Gasteiger partial charge in [0.1, 0.15) is 11.9 Å². The minimum absolute atomic E-state index is 0.0335. The summed E-state index contributed by atoms with van der Waals surface area (Å²) in [6.45, 7) is 0. The van der Waals surface area contributed by atoms with Crippen molar-refractivity contribution in [2.75, 3.05) is 0 Å². The summed E-state index contributed by atoms with van der Waals surface area (Å²) in [4.78, 5) is 11.8. The van der Waals surface area contributed by atoms with Gasteiger partial charge in [0.15, 0.2) is 11.5 Å². The Hall–Kier alpha value is -3.67. The Morgan fingerprint density at radius 3 is 2.32 bits per heavy atom. The molecule has 6 nitrogen and oxygen atoms in total. The van der Waals surface area contributed by atoms with E-state index < -0.39 is 35.2 Å². The molecule has 142 valence electrons. The van der Waals surface area contributed by atoms with Gasteiger partial charge in [0.05, 0.1) is 5.56 Å². The van der Waals surface area contributed by atoms with Crippen LogP contribution in [0.2, 0.25) is 0 Å². The number of carboxylic acid groups (broad SMARTS) is 1. The van der Waals surface area contributed by atoms with Crippen molar-refractivity contribution in [1.82, 2.24) is 0 Å². The van der Waals surface area contributed by atoms with Crippen molar-refractivity contribution in [3.05, 3.63) is 82.9 Å². The molecule has 2 atom stereocenters. The van der Waals surface area contributed by atoms with E-state index in [1.54, 1.807) is 0 Å². The second kappa shape index (κ2) is 6.81. The average molecular weight is 378 g/mol. The zero-order valence-electron chi connectivity index (χ0n) is 14.7. The number of carbonyl (C=O) groups is 1. The molecule has 3 aromatic carbocycles. The molecule has 0 saturated carbocycles. The van der Waals surface area contributed by atoms with Crippen LogP contribution in [0, 0.1) is 0 Å². The van der Waals surface area contributed by atoms with Crippen LogP contribution in [0.15, 0.2) is 60.7 Å². The Morgan fingerprint density at radius 1 is 0.929 bits per heavy atom. The lowest BCUT2D eigenvalue weighted by Crippen LogP contribution is -2.26. The molecule has 0 saturated heterocycles. The van der Waals surface area contributed by atoms with Gasteiger partial charge in [-0.15, -0.1) is 0 Å². The third-order valence-electron chi connectivity index (χ3n) is 5.05. The molecule has 2 unspecified atom stereocenters. The Balaban J connectivity index is 1.94. The fraction of sp³-hybridized carbons (Fsp3) is 0.136. The van der Waals surface area contributed by atoms with E-state index in [0.29, 0.717) is 12.2 Å². The quantitative estimate of drug-likeness (QED) is 0.514. The number of rotatable bonds is 3. The van der Waals surface area contributed by atoms with Gasteiger partial charge >= 0.3 is 5.97 Å². The highest BCUT2D eigenvalue weighted by atomic mass is 16.5. The van der Waals surface area contributed by atoms with E-state index in [1.807, 2.05) is 54.6 Å². The van der Waals surface area contributed by atoms with E-state index in [9.17, 15) is 25.2 Å². The number of benzene rings is 3. The van der Waals surface area contributed by atoms with Gasteiger partial charge in [0.25, 0.3) is 0 Å². The van der Waals surface area contributed by atoms with E-state index in [0.717, 1.165) is 17.2 Å². The number of aromatic hydroxyl groups is 3. The van der Waals surface area contributed by atoms with Crippen molar-refractivity contribution in [2.45, 2.75) is 18.4 Å². The summed E-state index contributed by atoms with van der Waals surface area (Å²) in [6.07, 6.45) is -0.183. The number of hydrogen-bond acceptors (Lipinski definition) is 5. The highest BCUT2D eigenvalue weighted by Crippen LogP contribution is 2.51. The lowest BCUT2D eigenvalue weighted by atomic mass is 9.79. The van der Waals surface area contributed by atoms with E-state index >= 15 is 0 Å². The van der Waals surface area contributed by atoms with Crippen molar-refractivity contribution < 1.29 is 30.0 Å². The molecule has 0 fully saturated rings. The maximum Gasteiger partial charge on any atom is 0.336 e. The molecule has 4 N–H and O–H groups in total. The Bertz CT molecular complexity index is 1040. The summed E-state index contributed by atoms with van der Waals surface area (Å²) in [5.74, 6) is -3.29. The monoisotopic (exact) mass is 378 g/mol. The molecule has 6 heteroatoms. The maximum absolute atomic E-state index is 11.8. The van der Waals surface area contributed by atoms with Crippen LogP contribution >= 0.6 is 0 Å².